The standard InChI is InChI=1S/C27H22/c1-27(2)25-17-21(19-9-5-3-6-10-19)13-15-23(25)24-16-14-22(18-26(24)27)20-11-7-4-8-12-20/h3-18H,1-2H3. The van der Waals surface area contributed by atoms with Crippen LogP contribution < -0.4 is 0 Å². The van der Waals surface area contributed by atoms with Gasteiger partial charge in [0.15, 0.2) is 0 Å². The van der Waals surface area contributed by atoms with Crippen LogP contribution in [0.1, 0.15) is 25.0 Å². The molecule has 0 saturated heterocycles. The van der Waals surface area contributed by atoms with Crippen molar-refractivity contribution >= 4 is 0 Å². The quantitative estimate of drug-likeness (QED) is 0.356. The third kappa shape index (κ3) is 2.52. The van der Waals surface area contributed by atoms with E-state index in [-0.39, 0.29) is 5.41 Å². The number of fused-ring (bicyclic) bond motifs is 3. The van der Waals surface area contributed by atoms with Gasteiger partial charge in [0.25, 0.3) is 0 Å². The molecule has 0 heterocycles. The molecule has 0 aromatic heterocycles. The molecule has 0 spiro atoms. The smallest absolute Gasteiger partial charge is 0.0159 e. The van der Waals surface area contributed by atoms with Gasteiger partial charge in [-0.25, -0.2) is 0 Å². The highest BCUT2D eigenvalue weighted by Crippen LogP contribution is 2.50. The van der Waals surface area contributed by atoms with E-state index in [1.165, 1.54) is 44.5 Å². The normalized spacial score (nSPS) is 13.9. The van der Waals surface area contributed by atoms with Crippen LogP contribution in [0.5, 0.6) is 0 Å². The Kier molecular flexibility index (Phi) is 3.55. The highest BCUT2D eigenvalue weighted by atomic mass is 14.4. The van der Waals surface area contributed by atoms with Gasteiger partial charge >= 0.3 is 0 Å². The van der Waals surface area contributed by atoms with Crippen molar-refractivity contribution in [3.63, 3.8) is 0 Å². The van der Waals surface area contributed by atoms with Gasteiger partial charge in [-0.3, -0.25) is 0 Å². The fourth-order valence-corrected chi connectivity index (χ4v) is 4.36. The largest absolute Gasteiger partial charge is 0.0622 e. The van der Waals surface area contributed by atoms with E-state index in [1.807, 2.05) is 0 Å². The minimum atomic E-state index is 0.000245. The molecule has 130 valence electrons. The van der Waals surface area contributed by atoms with Crippen molar-refractivity contribution in [2.24, 2.45) is 0 Å². The lowest BCUT2D eigenvalue weighted by atomic mass is 9.81. The van der Waals surface area contributed by atoms with Gasteiger partial charge in [-0.05, 0) is 56.6 Å². The third-order valence-electron chi connectivity index (χ3n) is 5.89. The van der Waals surface area contributed by atoms with Crippen LogP contribution in [0.4, 0.5) is 0 Å². The monoisotopic (exact) mass is 346 g/mol. The number of hydrogen-bond acceptors (Lipinski definition) is 0. The van der Waals surface area contributed by atoms with Crippen molar-refractivity contribution in [1.29, 1.82) is 0 Å². The Morgan fingerprint density at radius 1 is 0.444 bits per heavy atom. The summed E-state index contributed by atoms with van der Waals surface area (Å²) in [7, 11) is 0. The molecule has 0 radical (unpaired) electrons. The van der Waals surface area contributed by atoms with Crippen molar-refractivity contribution in [2.45, 2.75) is 19.3 Å². The molecule has 0 heteroatoms. The second-order valence-corrected chi connectivity index (χ2v) is 7.88. The molecule has 5 rings (SSSR count). The molecular formula is C27H22. The van der Waals surface area contributed by atoms with Crippen LogP contribution in [-0.2, 0) is 5.41 Å². The van der Waals surface area contributed by atoms with Crippen molar-refractivity contribution < 1.29 is 0 Å². The fraction of sp³-hybridized carbons (Fsp3) is 0.111. The van der Waals surface area contributed by atoms with E-state index in [9.17, 15) is 0 Å². The van der Waals surface area contributed by atoms with E-state index in [2.05, 4.69) is 111 Å². The minimum absolute atomic E-state index is 0.000245. The van der Waals surface area contributed by atoms with E-state index in [0.29, 0.717) is 0 Å². The SMILES string of the molecule is CC1(C)c2cc(-c3ccccc3)ccc2-c2ccc(-c3ccccc3)cc21. The van der Waals surface area contributed by atoms with Crippen molar-refractivity contribution in [1.82, 2.24) is 0 Å². The topological polar surface area (TPSA) is 0 Å². The predicted octanol–water partition coefficient (Wildman–Crippen LogP) is 7.33. The zero-order valence-electron chi connectivity index (χ0n) is 15.7. The number of hydrogen-bond donors (Lipinski definition) is 0. The average molecular weight is 346 g/mol. The molecule has 0 saturated carbocycles. The Bertz CT molecular complexity index is 1030. The number of benzene rings is 4. The molecule has 0 unspecified atom stereocenters. The molecule has 0 N–H and O–H groups in total. The van der Waals surface area contributed by atoms with E-state index in [0.717, 1.165) is 0 Å². The van der Waals surface area contributed by atoms with Crippen molar-refractivity contribution in [2.75, 3.05) is 0 Å². The second-order valence-electron chi connectivity index (χ2n) is 7.88. The van der Waals surface area contributed by atoms with E-state index in [1.54, 1.807) is 0 Å². The van der Waals surface area contributed by atoms with Gasteiger partial charge in [0.1, 0.15) is 0 Å². The van der Waals surface area contributed by atoms with Crippen LogP contribution in [0.3, 0.4) is 0 Å². The molecule has 0 fully saturated rings. The maximum atomic E-state index is 2.38. The van der Waals surface area contributed by atoms with Gasteiger partial charge in [-0.1, -0.05) is 98.8 Å². The maximum Gasteiger partial charge on any atom is 0.0159 e. The van der Waals surface area contributed by atoms with E-state index >= 15 is 0 Å². The highest BCUT2D eigenvalue weighted by Gasteiger charge is 2.35. The van der Waals surface area contributed by atoms with E-state index in [4.69, 9.17) is 0 Å². The van der Waals surface area contributed by atoms with Gasteiger partial charge in [-0.2, -0.15) is 0 Å². The lowest BCUT2D eigenvalue weighted by molar-refractivity contribution is 0.661. The van der Waals surface area contributed by atoms with Gasteiger partial charge in [0, 0.05) is 5.41 Å². The Balaban J connectivity index is 1.65. The molecule has 1 aliphatic rings. The lowest BCUT2D eigenvalue weighted by Crippen LogP contribution is -2.15. The summed E-state index contributed by atoms with van der Waals surface area (Å²) >= 11 is 0. The van der Waals surface area contributed by atoms with Crippen LogP contribution in [0.15, 0.2) is 97.1 Å². The minimum Gasteiger partial charge on any atom is -0.0622 e. The Labute approximate surface area is 161 Å². The zero-order valence-corrected chi connectivity index (χ0v) is 15.7. The van der Waals surface area contributed by atoms with Crippen LogP contribution in [-0.4, -0.2) is 0 Å². The molecule has 0 amide bonds. The van der Waals surface area contributed by atoms with Crippen LogP contribution >= 0.6 is 0 Å². The average Bonchev–Trinajstić information content (AvgIpc) is 2.96. The van der Waals surface area contributed by atoms with Crippen molar-refractivity contribution in [3.8, 4) is 33.4 Å². The predicted molar refractivity (Wildman–Crippen MR) is 115 cm³/mol. The van der Waals surface area contributed by atoms with Gasteiger partial charge in [0.05, 0.1) is 0 Å². The lowest BCUT2D eigenvalue weighted by Gasteiger charge is -2.22. The second kappa shape index (κ2) is 5.96. The maximum absolute atomic E-state index is 2.38. The Morgan fingerprint density at radius 3 is 1.26 bits per heavy atom. The highest BCUT2D eigenvalue weighted by molar-refractivity contribution is 5.85. The summed E-state index contributed by atoms with van der Waals surface area (Å²) in [6.07, 6.45) is 0. The Morgan fingerprint density at radius 2 is 0.852 bits per heavy atom. The molecule has 4 aromatic carbocycles. The first-order chi connectivity index (χ1) is 13.1. The molecule has 0 atom stereocenters. The number of rotatable bonds is 2. The molecule has 0 aliphatic heterocycles. The Hall–Kier alpha value is -3.12. The summed E-state index contributed by atoms with van der Waals surface area (Å²) in [5, 5.41) is 0. The molecular weight excluding hydrogens is 324 g/mol. The first-order valence-corrected chi connectivity index (χ1v) is 9.55. The summed E-state index contributed by atoms with van der Waals surface area (Å²) in [5.74, 6) is 0. The van der Waals surface area contributed by atoms with Crippen LogP contribution in [0.25, 0.3) is 33.4 Å². The molecule has 0 bridgehead atoms. The molecule has 4 aromatic rings. The summed E-state index contributed by atoms with van der Waals surface area (Å²) in [6.45, 7) is 4.70. The van der Waals surface area contributed by atoms with Gasteiger partial charge in [-0.15, -0.1) is 0 Å². The van der Waals surface area contributed by atoms with Gasteiger partial charge < -0.3 is 0 Å². The van der Waals surface area contributed by atoms with E-state index < -0.39 is 0 Å². The van der Waals surface area contributed by atoms with Gasteiger partial charge in [0.2, 0.25) is 0 Å². The summed E-state index contributed by atoms with van der Waals surface area (Å²) in [4.78, 5) is 0. The summed E-state index contributed by atoms with van der Waals surface area (Å²) in [6, 6.07) is 35.2. The third-order valence-corrected chi connectivity index (χ3v) is 5.89. The summed E-state index contributed by atoms with van der Waals surface area (Å²) in [5.41, 5.74) is 10.7. The zero-order chi connectivity index (χ0) is 18.4. The first kappa shape index (κ1) is 16.1. The fourth-order valence-electron chi connectivity index (χ4n) is 4.36. The molecule has 0 nitrogen and oxygen atoms in total. The summed E-state index contributed by atoms with van der Waals surface area (Å²) < 4.78 is 0. The van der Waals surface area contributed by atoms with Crippen LogP contribution in [0.2, 0.25) is 0 Å². The molecule has 1 aliphatic carbocycles. The van der Waals surface area contributed by atoms with Crippen molar-refractivity contribution in [3.05, 3.63) is 108 Å². The first-order valence-electron chi connectivity index (χ1n) is 9.55. The van der Waals surface area contributed by atoms with Crippen LogP contribution in [0, 0.1) is 0 Å². The molecule has 27 heavy (non-hydrogen) atoms.